The summed E-state index contributed by atoms with van der Waals surface area (Å²) in [6.45, 7) is 1.70. The smallest absolute Gasteiger partial charge is 0.307 e. The van der Waals surface area contributed by atoms with Crippen molar-refractivity contribution in [2.75, 3.05) is 13.1 Å². The van der Waals surface area contributed by atoms with Crippen molar-refractivity contribution in [3.8, 4) is 0 Å². The lowest BCUT2D eigenvalue weighted by Crippen LogP contribution is -2.43. The molecular weight excluding hydrogens is 230 g/mol. The number of hydrogen-bond donors (Lipinski definition) is 1. The first-order chi connectivity index (χ1) is 8.61. The van der Waals surface area contributed by atoms with E-state index in [2.05, 4.69) is 0 Å². The fourth-order valence-electron chi connectivity index (χ4n) is 3.80. The topological polar surface area (TPSA) is 57.6 Å². The van der Waals surface area contributed by atoms with Crippen LogP contribution in [0.1, 0.15) is 44.9 Å². The Kier molecular flexibility index (Phi) is 2.83. The van der Waals surface area contributed by atoms with E-state index in [0.29, 0.717) is 11.8 Å². The number of hydrogen-bond acceptors (Lipinski definition) is 2. The second-order valence-corrected chi connectivity index (χ2v) is 6.32. The van der Waals surface area contributed by atoms with Gasteiger partial charge in [-0.1, -0.05) is 12.8 Å². The summed E-state index contributed by atoms with van der Waals surface area (Å²) in [5.74, 6) is -1.34. The minimum atomic E-state index is -0.808. The van der Waals surface area contributed by atoms with Gasteiger partial charge in [-0.05, 0) is 37.5 Å². The van der Waals surface area contributed by atoms with Gasteiger partial charge >= 0.3 is 5.97 Å². The van der Waals surface area contributed by atoms with Gasteiger partial charge < -0.3 is 10.0 Å². The standard InChI is InChI=1S/C14H21NO3/c16-12(10-9-11(10)13(17)18)15-7-5-14(6-8-15)3-1-2-4-14/h10-11H,1-9H2,(H,17,18)/t10-,11+/m1/s1. The van der Waals surface area contributed by atoms with Crippen molar-refractivity contribution in [1.82, 2.24) is 4.90 Å². The van der Waals surface area contributed by atoms with Crippen LogP contribution < -0.4 is 0 Å². The maximum absolute atomic E-state index is 12.1. The number of aliphatic carboxylic acids is 1. The van der Waals surface area contributed by atoms with Crippen molar-refractivity contribution >= 4 is 11.9 Å². The van der Waals surface area contributed by atoms with Crippen LogP contribution in [0.15, 0.2) is 0 Å². The largest absolute Gasteiger partial charge is 0.481 e. The van der Waals surface area contributed by atoms with Crippen LogP contribution >= 0.6 is 0 Å². The number of piperidine rings is 1. The lowest BCUT2D eigenvalue weighted by molar-refractivity contribution is -0.142. The number of carbonyl (C=O) groups is 2. The Morgan fingerprint density at radius 3 is 2.11 bits per heavy atom. The molecule has 3 aliphatic rings. The number of rotatable bonds is 2. The fraction of sp³-hybridized carbons (Fsp3) is 0.857. The minimum absolute atomic E-state index is 0.0928. The molecule has 3 rings (SSSR count). The minimum Gasteiger partial charge on any atom is -0.481 e. The van der Waals surface area contributed by atoms with E-state index in [1.807, 2.05) is 4.90 Å². The number of likely N-dealkylation sites (tertiary alicyclic amines) is 1. The summed E-state index contributed by atoms with van der Waals surface area (Å²) in [6, 6.07) is 0. The number of amides is 1. The average Bonchev–Trinajstić information content (AvgIpc) is 3.06. The van der Waals surface area contributed by atoms with Gasteiger partial charge in [-0.25, -0.2) is 0 Å². The van der Waals surface area contributed by atoms with Crippen molar-refractivity contribution < 1.29 is 14.7 Å². The molecule has 4 heteroatoms. The first-order valence-electron chi connectivity index (χ1n) is 7.13. The summed E-state index contributed by atoms with van der Waals surface area (Å²) >= 11 is 0. The Morgan fingerprint density at radius 1 is 1.00 bits per heavy atom. The Labute approximate surface area is 107 Å². The van der Waals surface area contributed by atoms with Crippen LogP contribution in [-0.2, 0) is 9.59 Å². The summed E-state index contributed by atoms with van der Waals surface area (Å²) in [7, 11) is 0. The van der Waals surface area contributed by atoms with E-state index in [4.69, 9.17) is 5.11 Å². The van der Waals surface area contributed by atoms with E-state index in [-0.39, 0.29) is 11.8 Å². The lowest BCUT2D eigenvalue weighted by atomic mass is 9.77. The molecule has 1 N–H and O–H groups in total. The maximum Gasteiger partial charge on any atom is 0.307 e. The van der Waals surface area contributed by atoms with E-state index >= 15 is 0 Å². The van der Waals surface area contributed by atoms with Crippen molar-refractivity contribution in [2.24, 2.45) is 17.3 Å². The molecule has 1 amide bonds. The third-order valence-electron chi connectivity index (χ3n) is 5.22. The zero-order valence-corrected chi connectivity index (χ0v) is 10.7. The molecule has 0 aromatic rings. The molecule has 0 aromatic heterocycles. The highest BCUT2D eigenvalue weighted by Crippen LogP contribution is 2.47. The molecular formula is C14H21NO3. The van der Waals surface area contributed by atoms with Gasteiger partial charge in [-0.3, -0.25) is 9.59 Å². The third-order valence-corrected chi connectivity index (χ3v) is 5.22. The van der Waals surface area contributed by atoms with Crippen molar-refractivity contribution in [3.63, 3.8) is 0 Å². The van der Waals surface area contributed by atoms with Crippen molar-refractivity contribution in [2.45, 2.75) is 44.9 Å². The quantitative estimate of drug-likeness (QED) is 0.815. The van der Waals surface area contributed by atoms with Gasteiger partial charge in [0.2, 0.25) is 5.91 Å². The Bertz CT molecular complexity index is 363. The summed E-state index contributed by atoms with van der Waals surface area (Å²) in [4.78, 5) is 24.8. The van der Waals surface area contributed by atoms with Crippen LogP contribution in [-0.4, -0.2) is 35.0 Å². The van der Waals surface area contributed by atoms with Gasteiger partial charge in [0.25, 0.3) is 0 Å². The number of carboxylic acid groups (broad SMARTS) is 1. The van der Waals surface area contributed by atoms with E-state index in [1.54, 1.807) is 0 Å². The van der Waals surface area contributed by atoms with Crippen molar-refractivity contribution in [3.05, 3.63) is 0 Å². The van der Waals surface area contributed by atoms with Gasteiger partial charge in [0.15, 0.2) is 0 Å². The zero-order valence-electron chi connectivity index (χ0n) is 10.7. The fourth-order valence-corrected chi connectivity index (χ4v) is 3.80. The Morgan fingerprint density at radius 2 is 1.61 bits per heavy atom. The van der Waals surface area contributed by atoms with Crippen LogP contribution in [0.4, 0.5) is 0 Å². The molecule has 3 fully saturated rings. The first-order valence-corrected chi connectivity index (χ1v) is 7.13. The van der Waals surface area contributed by atoms with Gasteiger partial charge in [0.05, 0.1) is 11.8 Å². The van der Waals surface area contributed by atoms with Crippen LogP contribution in [0.25, 0.3) is 0 Å². The van der Waals surface area contributed by atoms with E-state index < -0.39 is 11.9 Å². The molecule has 0 radical (unpaired) electrons. The van der Waals surface area contributed by atoms with Crippen molar-refractivity contribution in [1.29, 1.82) is 0 Å². The lowest BCUT2D eigenvalue weighted by Gasteiger charge is -2.39. The van der Waals surface area contributed by atoms with Gasteiger partial charge in [-0.15, -0.1) is 0 Å². The molecule has 4 nitrogen and oxygen atoms in total. The first kappa shape index (κ1) is 12.0. The van der Waals surface area contributed by atoms with E-state index in [0.717, 1.165) is 25.9 Å². The normalized spacial score (nSPS) is 33.7. The van der Waals surface area contributed by atoms with Gasteiger partial charge in [-0.2, -0.15) is 0 Å². The highest BCUT2D eigenvalue weighted by atomic mass is 16.4. The average molecular weight is 251 g/mol. The molecule has 2 aliphatic carbocycles. The van der Waals surface area contributed by atoms with E-state index in [1.165, 1.54) is 25.7 Å². The SMILES string of the molecule is O=C(O)[C@H]1C[C@H]1C(=O)N1CCC2(CCCC2)CC1. The molecule has 1 spiro atoms. The predicted molar refractivity (Wildman–Crippen MR) is 65.9 cm³/mol. The number of carbonyl (C=O) groups excluding carboxylic acids is 1. The van der Waals surface area contributed by atoms with Gasteiger partial charge in [0, 0.05) is 13.1 Å². The van der Waals surface area contributed by atoms with Gasteiger partial charge in [0.1, 0.15) is 0 Å². The molecule has 0 bridgehead atoms. The van der Waals surface area contributed by atoms with Crippen LogP contribution in [0.2, 0.25) is 0 Å². The Hall–Kier alpha value is -1.06. The monoisotopic (exact) mass is 251 g/mol. The second kappa shape index (κ2) is 4.25. The summed E-state index contributed by atoms with van der Waals surface area (Å²) in [5, 5.41) is 8.87. The zero-order chi connectivity index (χ0) is 12.8. The molecule has 0 aromatic carbocycles. The van der Waals surface area contributed by atoms with E-state index in [9.17, 15) is 9.59 Å². The number of carboxylic acids is 1. The molecule has 1 heterocycles. The predicted octanol–water partition coefficient (Wildman–Crippen LogP) is 1.89. The van der Waals surface area contributed by atoms with Crippen LogP contribution in [0.3, 0.4) is 0 Å². The van der Waals surface area contributed by atoms with Crippen LogP contribution in [0.5, 0.6) is 0 Å². The summed E-state index contributed by atoms with van der Waals surface area (Å²) < 4.78 is 0. The highest BCUT2D eigenvalue weighted by molar-refractivity contribution is 5.89. The maximum atomic E-state index is 12.1. The number of nitrogens with zero attached hydrogens (tertiary/aromatic N) is 1. The Balaban J connectivity index is 1.54. The van der Waals surface area contributed by atoms with Crippen LogP contribution in [0, 0.1) is 17.3 Å². The molecule has 2 saturated carbocycles. The second-order valence-electron chi connectivity index (χ2n) is 6.32. The molecule has 18 heavy (non-hydrogen) atoms. The third kappa shape index (κ3) is 2.02. The molecule has 1 aliphatic heterocycles. The molecule has 1 saturated heterocycles. The summed E-state index contributed by atoms with van der Waals surface area (Å²) in [5.41, 5.74) is 0.520. The molecule has 0 unspecified atom stereocenters. The highest BCUT2D eigenvalue weighted by Gasteiger charge is 2.50. The molecule has 100 valence electrons. The molecule has 2 atom stereocenters. The summed E-state index contributed by atoms with van der Waals surface area (Å²) in [6.07, 6.45) is 8.16.